The SMILES string of the molecule is COc1ccc(C([O-])=C2C(=O)C(=O)N(CC[NH+](C)C)C2c2cccc(Br)c2)cc1C. The first-order chi connectivity index (χ1) is 14.2. The number of nitrogens with zero attached hydrogens (tertiary/aromatic N) is 1. The van der Waals surface area contributed by atoms with Gasteiger partial charge in [0.2, 0.25) is 5.78 Å². The van der Waals surface area contributed by atoms with Gasteiger partial charge in [-0.3, -0.25) is 9.59 Å². The Balaban J connectivity index is 2.16. The molecule has 0 radical (unpaired) electrons. The van der Waals surface area contributed by atoms with E-state index in [0.29, 0.717) is 24.4 Å². The number of ketones is 1. The van der Waals surface area contributed by atoms with Crippen molar-refractivity contribution in [2.45, 2.75) is 13.0 Å². The Hall–Kier alpha value is -2.64. The highest BCUT2D eigenvalue weighted by atomic mass is 79.9. The molecule has 7 heteroatoms. The molecule has 6 nitrogen and oxygen atoms in total. The number of carbonyl (C=O) groups excluding carboxylic acids is 2. The molecule has 0 saturated carbocycles. The van der Waals surface area contributed by atoms with Crippen molar-refractivity contribution in [1.29, 1.82) is 0 Å². The molecule has 0 aromatic heterocycles. The van der Waals surface area contributed by atoms with E-state index in [1.54, 1.807) is 25.3 Å². The van der Waals surface area contributed by atoms with Crippen LogP contribution in [0.5, 0.6) is 5.75 Å². The van der Waals surface area contributed by atoms with Crippen molar-refractivity contribution < 1.29 is 24.3 Å². The number of aryl methyl sites for hydroxylation is 1. The summed E-state index contributed by atoms with van der Waals surface area (Å²) in [4.78, 5) is 28.5. The van der Waals surface area contributed by atoms with Crippen LogP contribution in [0, 0.1) is 6.92 Å². The van der Waals surface area contributed by atoms with Gasteiger partial charge in [0.05, 0.1) is 40.3 Å². The van der Waals surface area contributed by atoms with Crippen LogP contribution in [-0.2, 0) is 9.59 Å². The topological polar surface area (TPSA) is 74.1 Å². The fraction of sp³-hybridized carbons (Fsp3) is 0.304. The van der Waals surface area contributed by atoms with Gasteiger partial charge in [-0.15, -0.1) is 0 Å². The third kappa shape index (κ3) is 4.27. The number of carbonyl (C=O) groups is 2. The Labute approximate surface area is 184 Å². The molecule has 158 valence electrons. The quantitative estimate of drug-likeness (QED) is 0.388. The van der Waals surface area contributed by atoms with Gasteiger partial charge in [-0.1, -0.05) is 39.9 Å². The molecule has 30 heavy (non-hydrogen) atoms. The van der Waals surface area contributed by atoms with E-state index in [9.17, 15) is 14.7 Å². The molecule has 1 atom stereocenters. The summed E-state index contributed by atoms with van der Waals surface area (Å²) in [7, 11) is 5.52. The van der Waals surface area contributed by atoms with Crippen LogP contribution in [0.15, 0.2) is 52.5 Å². The number of likely N-dealkylation sites (tertiary alicyclic amines) is 1. The average molecular weight is 473 g/mol. The van der Waals surface area contributed by atoms with Crippen LogP contribution in [0.4, 0.5) is 0 Å². The van der Waals surface area contributed by atoms with Crippen LogP contribution in [0.1, 0.15) is 22.7 Å². The van der Waals surface area contributed by atoms with E-state index in [0.717, 1.165) is 20.5 Å². The minimum atomic E-state index is -0.729. The number of nitrogens with one attached hydrogen (secondary N) is 1. The zero-order valence-electron chi connectivity index (χ0n) is 17.5. The number of Topliss-reactive ketones (excluding diaryl/α,β-unsaturated/α-hetero) is 1. The van der Waals surface area contributed by atoms with Gasteiger partial charge >= 0.3 is 0 Å². The second kappa shape index (κ2) is 9.02. The Morgan fingerprint density at radius 3 is 2.53 bits per heavy atom. The zero-order valence-corrected chi connectivity index (χ0v) is 19.1. The van der Waals surface area contributed by atoms with Crippen molar-refractivity contribution in [2.24, 2.45) is 0 Å². The highest BCUT2D eigenvalue weighted by Gasteiger charge is 2.44. The van der Waals surface area contributed by atoms with Crippen molar-refractivity contribution in [3.63, 3.8) is 0 Å². The maximum Gasteiger partial charge on any atom is 0.295 e. The standard InChI is InChI=1S/C23H25BrN2O4/c1-14-12-16(8-9-18(14)30-4)21(27)19-20(15-6-5-7-17(24)13-15)26(11-10-25(2)3)23(29)22(19)28/h5-9,12-13,20,27H,10-11H2,1-4H3. The lowest BCUT2D eigenvalue weighted by Crippen LogP contribution is -3.06. The van der Waals surface area contributed by atoms with Crippen LogP contribution in [0.3, 0.4) is 0 Å². The van der Waals surface area contributed by atoms with E-state index in [2.05, 4.69) is 15.9 Å². The van der Waals surface area contributed by atoms with Crippen LogP contribution in [0.25, 0.3) is 5.76 Å². The first-order valence-electron chi connectivity index (χ1n) is 9.70. The number of quaternary nitrogens is 1. The molecule has 1 aliphatic heterocycles. The molecule has 2 aromatic rings. The van der Waals surface area contributed by atoms with Crippen molar-refractivity contribution >= 4 is 33.4 Å². The summed E-state index contributed by atoms with van der Waals surface area (Å²) in [6.07, 6.45) is 0. The van der Waals surface area contributed by atoms with Gasteiger partial charge in [0, 0.05) is 10.0 Å². The number of likely N-dealkylation sites (N-methyl/N-ethyl adjacent to an activating group) is 1. The number of methoxy groups -OCH3 is 1. The fourth-order valence-electron chi connectivity index (χ4n) is 3.64. The molecule has 1 heterocycles. The fourth-order valence-corrected chi connectivity index (χ4v) is 4.06. The Bertz CT molecular complexity index is 1020. The molecule has 1 fully saturated rings. The summed E-state index contributed by atoms with van der Waals surface area (Å²) in [6.45, 7) is 2.87. The summed E-state index contributed by atoms with van der Waals surface area (Å²) in [5.41, 5.74) is 1.87. The van der Waals surface area contributed by atoms with E-state index >= 15 is 0 Å². The predicted molar refractivity (Wildman–Crippen MR) is 116 cm³/mol. The minimum Gasteiger partial charge on any atom is -0.872 e. The number of hydrogen-bond donors (Lipinski definition) is 1. The third-order valence-corrected chi connectivity index (χ3v) is 5.70. The normalized spacial score (nSPS) is 18.3. The third-order valence-electron chi connectivity index (χ3n) is 5.20. The van der Waals surface area contributed by atoms with Crippen LogP contribution >= 0.6 is 15.9 Å². The maximum absolute atomic E-state index is 13.4. The van der Waals surface area contributed by atoms with Crippen molar-refractivity contribution in [3.8, 4) is 5.75 Å². The summed E-state index contributed by atoms with van der Waals surface area (Å²) >= 11 is 3.45. The molecule has 0 aliphatic carbocycles. The maximum atomic E-state index is 13.4. The molecule has 3 rings (SSSR count). The zero-order chi connectivity index (χ0) is 22.0. The molecule has 1 unspecified atom stereocenters. The van der Waals surface area contributed by atoms with Gasteiger partial charge in [0.1, 0.15) is 5.75 Å². The Morgan fingerprint density at radius 2 is 1.93 bits per heavy atom. The number of rotatable bonds is 6. The van der Waals surface area contributed by atoms with Crippen molar-refractivity contribution in [2.75, 3.05) is 34.3 Å². The van der Waals surface area contributed by atoms with Gasteiger partial charge in [0.15, 0.2) is 0 Å². The lowest BCUT2D eigenvalue weighted by Gasteiger charge is -2.28. The summed E-state index contributed by atoms with van der Waals surface area (Å²) in [6, 6.07) is 11.7. The number of benzene rings is 2. The molecular weight excluding hydrogens is 448 g/mol. The van der Waals surface area contributed by atoms with Gasteiger partial charge in [-0.05, 0) is 47.9 Å². The monoisotopic (exact) mass is 472 g/mol. The number of hydrogen-bond acceptors (Lipinski definition) is 4. The lowest BCUT2D eigenvalue weighted by atomic mass is 9.95. The van der Waals surface area contributed by atoms with Crippen LogP contribution < -0.4 is 14.7 Å². The van der Waals surface area contributed by atoms with E-state index in [-0.39, 0.29) is 5.57 Å². The summed E-state index contributed by atoms with van der Waals surface area (Å²) in [5.74, 6) is -1.13. The first kappa shape index (κ1) is 22.1. The van der Waals surface area contributed by atoms with Gasteiger partial charge in [-0.25, -0.2) is 0 Å². The van der Waals surface area contributed by atoms with Crippen molar-refractivity contribution in [3.05, 3.63) is 69.2 Å². The largest absolute Gasteiger partial charge is 0.872 e. The van der Waals surface area contributed by atoms with Crippen LogP contribution in [-0.4, -0.2) is 50.9 Å². The summed E-state index contributed by atoms with van der Waals surface area (Å²) in [5, 5.41) is 13.4. The molecule has 1 aliphatic rings. The minimum absolute atomic E-state index is 0.00331. The van der Waals surface area contributed by atoms with Crippen LogP contribution in [0.2, 0.25) is 0 Å². The average Bonchev–Trinajstić information content (AvgIpc) is 2.96. The molecule has 1 amide bonds. The molecule has 0 spiro atoms. The molecule has 2 aromatic carbocycles. The van der Waals surface area contributed by atoms with E-state index < -0.39 is 23.5 Å². The predicted octanol–water partition coefficient (Wildman–Crippen LogP) is 1.13. The Morgan fingerprint density at radius 1 is 1.20 bits per heavy atom. The van der Waals surface area contributed by atoms with Gasteiger partial charge in [-0.2, -0.15) is 0 Å². The number of amides is 1. The number of ether oxygens (including phenoxy) is 1. The summed E-state index contributed by atoms with van der Waals surface area (Å²) < 4.78 is 6.08. The van der Waals surface area contributed by atoms with E-state index in [1.807, 2.05) is 45.3 Å². The molecule has 1 saturated heterocycles. The van der Waals surface area contributed by atoms with Crippen molar-refractivity contribution in [1.82, 2.24) is 4.90 Å². The number of halogens is 1. The molecular formula is C23H25BrN2O4. The first-order valence-corrected chi connectivity index (χ1v) is 10.5. The van der Waals surface area contributed by atoms with E-state index in [1.165, 1.54) is 4.90 Å². The second-order valence-electron chi connectivity index (χ2n) is 7.67. The van der Waals surface area contributed by atoms with Gasteiger partial charge in [0.25, 0.3) is 5.91 Å². The smallest absolute Gasteiger partial charge is 0.295 e. The Kier molecular flexibility index (Phi) is 6.63. The lowest BCUT2D eigenvalue weighted by molar-refractivity contribution is -0.857. The van der Waals surface area contributed by atoms with Gasteiger partial charge < -0.3 is 19.6 Å². The highest BCUT2D eigenvalue weighted by Crippen LogP contribution is 2.39. The highest BCUT2D eigenvalue weighted by molar-refractivity contribution is 9.10. The molecule has 0 bridgehead atoms. The second-order valence-corrected chi connectivity index (χ2v) is 8.59. The molecule has 1 N–H and O–H groups in total. The van der Waals surface area contributed by atoms with E-state index in [4.69, 9.17) is 4.74 Å².